The van der Waals surface area contributed by atoms with Crippen LogP contribution in [0.2, 0.25) is 0 Å². The first-order valence-corrected chi connectivity index (χ1v) is 6.66. The third-order valence-electron chi connectivity index (χ3n) is 2.69. The fourth-order valence-electron chi connectivity index (χ4n) is 1.72. The number of ketones is 1. The summed E-state index contributed by atoms with van der Waals surface area (Å²) in [5.74, 6) is 0.602. The maximum absolute atomic E-state index is 11.5. The van der Waals surface area contributed by atoms with Gasteiger partial charge in [-0.3, -0.25) is 9.59 Å². The Morgan fingerprint density at radius 1 is 1.10 bits per heavy atom. The predicted octanol–water partition coefficient (Wildman–Crippen LogP) is 2.32. The van der Waals surface area contributed by atoms with Crippen LogP contribution in [-0.4, -0.2) is 32.6 Å². The van der Waals surface area contributed by atoms with Crippen molar-refractivity contribution < 1.29 is 23.8 Å². The van der Waals surface area contributed by atoms with E-state index < -0.39 is 5.97 Å². The summed E-state index contributed by atoms with van der Waals surface area (Å²) in [5.41, 5.74) is 0.950. The van der Waals surface area contributed by atoms with Crippen LogP contribution in [0.5, 0.6) is 11.5 Å². The van der Waals surface area contributed by atoms with E-state index in [-0.39, 0.29) is 18.8 Å². The summed E-state index contributed by atoms with van der Waals surface area (Å²) >= 11 is 0. The van der Waals surface area contributed by atoms with Crippen LogP contribution in [0.1, 0.15) is 18.9 Å². The van der Waals surface area contributed by atoms with Gasteiger partial charge < -0.3 is 14.2 Å². The molecule has 0 heterocycles. The zero-order chi connectivity index (χ0) is 15.7. The normalized spacial score (nSPS) is 10.4. The fourth-order valence-corrected chi connectivity index (χ4v) is 1.72. The maximum atomic E-state index is 11.5. The maximum Gasteiger partial charge on any atom is 0.313 e. The van der Waals surface area contributed by atoms with E-state index in [4.69, 9.17) is 14.2 Å². The molecule has 0 N–H and O–H groups in total. The molecule has 21 heavy (non-hydrogen) atoms. The molecule has 5 nitrogen and oxygen atoms in total. The molecule has 0 saturated carbocycles. The van der Waals surface area contributed by atoms with Crippen molar-refractivity contribution in [3.05, 3.63) is 35.9 Å². The molecular weight excluding hydrogens is 272 g/mol. The number of hydrogen-bond acceptors (Lipinski definition) is 5. The number of allylic oxidation sites excluding steroid dienone is 2. The summed E-state index contributed by atoms with van der Waals surface area (Å²) in [7, 11) is 3.16. The lowest BCUT2D eigenvalue weighted by Gasteiger charge is -2.06. The summed E-state index contributed by atoms with van der Waals surface area (Å²) in [4.78, 5) is 22.7. The van der Waals surface area contributed by atoms with Crippen molar-refractivity contribution in [2.75, 3.05) is 20.8 Å². The largest absolute Gasteiger partial charge is 0.497 e. The van der Waals surface area contributed by atoms with Crippen LogP contribution in [0, 0.1) is 0 Å². The highest BCUT2D eigenvalue weighted by molar-refractivity contribution is 6.01. The van der Waals surface area contributed by atoms with Crippen LogP contribution in [0.15, 0.2) is 30.4 Å². The van der Waals surface area contributed by atoms with Crippen molar-refractivity contribution in [2.45, 2.75) is 19.8 Å². The van der Waals surface area contributed by atoms with E-state index in [1.54, 1.807) is 33.3 Å². The molecule has 1 aromatic rings. The topological polar surface area (TPSA) is 61.8 Å². The van der Waals surface area contributed by atoms with Crippen molar-refractivity contribution in [1.29, 1.82) is 0 Å². The number of esters is 1. The molecule has 5 heteroatoms. The Hall–Kier alpha value is -2.30. The molecule has 1 aromatic carbocycles. The Balaban J connectivity index is 2.59. The molecular formula is C16H20O5. The van der Waals surface area contributed by atoms with Gasteiger partial charge in [0.05, 0.1) is 20.8 Å². The highest BCUT2D eigenvalue weighted by Crippen LogP contribution is 2.22. The number of rotatable bonds is 8. The minimum absolute atomic E-state index is 0.230. The molecule has 0 radical (unpaired) electrons. The third-order valence-corrected chi connectivity index (χ3v) is 2.69. The van der Waals surface area contributed by atoms with E-state index >= 15 is 0 Å². The van der Waals surface area contributed by atoms with Gasteiger partial charge in [0.2, 0.25) is 0 Å². The first kappa shape index (κ1) is 16.8. The van der Waals surface area contributed by atoms with Gasteiger partial charge in [0.25, 0.3) is 0 Å². The Labute approximate surface area is 124 Å². The lowest BCUT2D eigenvalue weighted by Crippen LogP contribution is -2.09. The first-order chi connectivity index (χ1) is 10.1. The van der Waals surface area contributed by atoms with E-state index in [1.165, 1.54) is 6.08 Å². The van der Waals surface area contributed by atoms with Crippen LogP contribution in [0.3, 0.4) is 0 Å². The minimum Gasteiger partial charge on any atom is -0.497 e. The van der Waals surface area contributed by atoms with E-state index in [0.29, 0.717) is 17.9 Å². The molecule has 114 valence electrons. The SMILES string of the molecule is CCOC(=O)CC(=O)/C=C\Cc1cc(OC)cc(OC)c1. The number of carbonyl (C=O) groups excluding carboxylic acids is 2. The van der Waals surface area contributed by atoms with E-state index in [1.807, 2.05) is 12.1 Å². The van der Waals surface area contributed by atoms with Crippen LogP contribution < -0.4 is 9.47 Å². The molecule has 0 aromatic heterocycles. The van der Waals surface area contributed by atoms with Gasteiger partial charge in [-0.1, -0.05) is 6.08 Å². The molecule has 0 bridgehead atoms. The number of hydrogen-bond donors (Lipinski definition) is 0. The molecule has 0 unspecified atom stereocenters. The predicted molar refractivity (Wildman–Crippen MR) is 78.6 cm³/mol. The number of methoxy groups -OCH3 is 2. The zero-order valence-electron chi connectivity index (χ0n) is 12.5. The lowest BCUT2D eigenvalue weighted by molar-refractivity contribution is -0.144. The zero-order valence-corrected chi connectivity index (χ0v) is 12.5. The summed E-state index contributed by atoms with van der Waals surface area (Å²) in [5, 5.41) is 0. The molecule has 0 saturated heterocycles. The molecule has 0 aliphatic heterocycles. The van der Waals surface area contributed by atoms with Gasteiger partial charge in [-0.15, -0.1) is 0 Å². The smallest absolute Gasteiger partial charge is 0.313 e. The third kappa shape index (κ3) is 6.12. The van der Waals surface area contributed by atoms with Crippen LogP contribution in [0.25, 0.3) is 0 Å². The summed E-state index contributed by atoms with van der Waals surface area (Å²) in [6, 6.07) is 5.50. The monoisotopic (exact) mass is 292 g/mol. The highest BCUT2D eigenvalue weighted by atomic mass is 16.5. The van der Waals surface area contributed by atoms with Crippen molar-refractivity contribution in [1.82, 2.24) is 0 Å². The summed E-state index contributed by atoms with van der Waals surface area (Å²) in [6.07, 6.45) is 3.41. The molecule has 1 rings (SSSR count). The van der Waals surface area contributed by atoms with Crippen molar-refractivity contribution in [2.24, 2.45) is 0 Å². The second-order valence-electron chi connectivity index (χ2n) is 4.28. The van der Waals surface area contributed by atoms with Crippen LogP contribution in [0.4, 0.5) is 0 Å². The van der Waals surface area contributed by atoms with Gasteiger partial charge in [0.1, 0.15) is 17.9 Å². The van der Waals surface area contributed by atoms with E-state index in [2.05, 4.69) is 0 Å². The number of carbonyl (C=O) groups is 2. The number of ether oxygens (including phenoxy) is 3. The molecule has 0 fully saturated rings. The second kappa shape index (κ2) is 8.79. The minimum atomic E-state index is -0.504. The Bertz CT molecular complexity index is 497. The Kier molecular flexibility index (Phi) is 7.01. The molecule has 0 aliphatic carbocycles. The van der Waals surface area contributed by atoms with Crippen LogP contribution in [-0.2, 0) is 20.7 Å². The molecule has 0 atom stereocenters. The van der Waals surface area contributed by atoms with Gasteiger partial charge >= 0.3 is 5.97 Å². The van der Waals surface area contributed by atoms with E-state index in [0.717, 1.165) is 5.56 Å². The van der Waals surface area contributed by atoms with E-state index in [9.17, 15) is 9.59 Å². The standard InChI is InChI=1S/C16H20O5/c1-4-21-16(18)10-13(17)7-5-6-12-8-14(19-2)11-15(9-12)20-3/h5,7-9,11H,4,6,10H2,1-3H3/b7-5-. The lowest BCUT2D eigenvalue weighted by atomic mass is 10.1. The average molecular weight is 292 g/mol. The van der Waals surface area contributed by atoms with Crippen molar-refractivity contribution in [3.8, 4) is 11.5 Å². The fraction of sp³-hybridized carbons (Fsp3) is 0.375. The van der Waals surface area contributed by atoms with Gasteiger partial charge in [-0.2, -0.15) is 0 Å². The quantitative estimate of drug-likeness (QED) is 0.418. The van der Waals surface area contributed by atoms with Gasteiger partial charge in [0, 0.05) is 6.07 Å². The first-order valence-electron chi connectivity index (χ1n) is 6.66. The molecule has 0 aliphatic rings. The van der Waals surface area contributed by atoms with Gasteiger partial charge in [-0.25, -0.2) is 0 Å². The number of benzene rings is 1. The van der Waals surface area contributed by atoms with Gasteiger partial charge in [-0.05, 0) is 37.1 Å². The summed E-state index contributed by atoms with van der Waals surface area (Å²) < 4.78 is 15.1. The van der Waals surface area contributed by atoms with Gasteiger partial charge in [0.15, 0.2) is 5.78 Å². The second-order valence-corrected chi connectivity index (χ2v) is 4.28. The highest BCUT2D eigenvalue weighted by Gasteiger charge is 2.07. The average Bonchev–Trinajstić information content (AvgIpc) is 2.46. The van der Waals surface area contributed by atoms with Crippen LogP contribution >= 0.6 is 0 Å². The van der Waals surface area contributed by atoms with Crippen molar-refractivity contribution >= 4 is 11.8 Å². The Morgan fingerprint density at radius 2 is 1.71 bits per heavy atom. The molecule has 0 amide bonds. The Morgan fingerprint density at radius 3 is 2.24 bits per heavy atom. The van der Waals surface area contributed by atoms with Crippen molar-refractivity contribution in [3.63, 3.8) is 0 Å². The molecule has 0 spiro atoms. The summed E-state index contributed by atoms with van der Waals surface area (Å²) in [6.45, 7) is 1.98.